The van der Waals surface area contributed by atoms with Crippen LogP contribution in [0.1, 0.15) is 20.8 Å². The highest BCUT2D eigenvalue weighted by Gasteiger charge is 2.26. The summed E-state index contributed by atoms with van der Waals surface area (Å²) in [5.74, 6) is 0.193. The molecule has 0 saturated carbocycles. The Kier molecular flexibility index (Phi) is 6.95. The molecule has 1 fully saturated rings. The van der Waals surface area contributed by atoms with Crippen LogP contribution in [0.25, 0.3) is 0 Å². The maximum atomic E-state index is 12.4. The molecule has 0 bridgehead atoms. The van der Waals surface area contributed by atoms with Gasteiger partial charge in [0.25, 0.3) is 0 Å². The Bertz CT molecular complexity index is 325. The fourth-order valence-electron chi connectivity index (χ4n) is 2.36. The number of hydrogen-bond acceptors (Lipinski definition) is 4. The molecular weight excluding hydrogens is 256 g/mol. The van der Waals surface area contributed by atoms with Gasteiger partial charge in [-0.15, -0.1) is 0 Å². The molecule has 6 nitrogen and oxygen atoms in total. The van der Waals surface area contributed by atoms with Crippen molar-refractivity contribution in [3.63, 3.8) is 0 Å². The summed E-state index contributed by atoms with van der Waals surface area (Å²) in [5.41, 5.74) is 0. The number of carbonyl (C=O) groups excluding carboxylic acids is 2. The molecule has 1 saturated heterocycles. The lowest BCUT2D eigenvalue weighted by Crippen LogP contribution is -2.53. The average Bonchev–Trinajstić information content (AvgIpc) is 2.47. The quantitative estimate of drug-likeness (QED) is 0.721. The molecule has 1 aliphatic rings. The molecule has 1 rings (SSSR count). The van der Waals surface area contributed by atoms with Gasteiger partial charge in [-0.3, -0.25) is 14.5 Å². The molecule has 1 aliphatic heterocycles. The van der Waals surface area contributed by atoms with E-state index in [-0.39, 0.29) is 17.9 Å². The molecule has 20 heavy (non-hydrogen) atoms. The minimum atomic E-state index is -0.257. The number of piperazine rings is 1. The molecule has 116 valence electrons. The summed E-state index contributed by atoms with van der Waals surface area (Å²) >= 11 is 0. The van der Waals surface area contributed by atoms with Crippen LogP contribution >= 0.6 is 0 Å². The van der Waals surface area contributed by atoms with Crippen molar-refractivity contribution in [3.05, 3.63) is 0 Å². The Labute approximate surface area is 122 Å². The van der Waals surface area contributed by atoms with Gasteiger partial charge in [-0.05, 0) is 27.8 Å². The second kappa shape index (κ2) is 8.21. The third-order valence-corrected chi connectivity index (χ3v) is 3.95. The van der Waals surface area contributed by atoms with Crippen molar-refractivity contribution in [1.29, 1.82) is 0 Å². The molecule has 0 aromatic heterocycles. The van der Waals surface area contributed by atoms with Crippen LogP contribution in [0, 0.1) is 0 Å². The van der Waals surface area contributed by atoms with E-state index in [9.17, 15) is 9.59 Å². The minimum Gasteiger partial charge on any atom is -0.342 e. The van der Waals surface area contributed by atoms with Gasteiger partial charge in [-0.1, -0.05) is 0 Å². The second-order valence-corrected chi connectivity index (χ2v) is 5.23. The molecule has 1 heterocycles. The highest BCUT2D eigenvalue weighted by Crippen LogP contribution is 2.04. The summed E-state index contributed by atoms with van der Waals surface area (Å²) in [6, 6.07) is -0.257. The molecule has 0 aromatic carbocycles. The van der Waals surface area contributed by atoms with Crippen LogP contribution in [0.4, 0.5) is 0 Å². The number of nitrogens with one attached hydrogen (secondary N) is 1. The summed E-state index contributed by atoms with van der Waals surface area (Å²) in [7, 11) is 1.84. The second-order valence-electron chi connectivity index (χ2n) is 5.23. The summed E-state index contributed by atoms with van der Waals surface area (Å²) in [5, 5.41) is 3.23. The SMILES string of the molecule is CCN(CC)C(=O)CN(C)C(C)C(=O)N1CCNCC1. The maximum Gasteiger partial charge on any atom is 0.239 e. The van der Waals surface area contributed by atoms with Crippen molar-refractivity contribution < 1.29 is 9.59 Å². The predicted molar refractivity (Wildman–Crippen MR) is 79.5 cm³/mol. The molecule has 6 heteroatoms. The normalized spacial score (nSPS) is 17.1. The Morgan fingerprint density at radius 3 is 2.25 bits per heavy atom. The van der Waals surface area contributed by atoms with Gasteiger partial charge in [-0.2, -0.15) is 0 Å². The van der Waals surface area contributed by atoms with Crippen molar-refractivity contribution in [2.45, 2.75) is 26.8 Å². The van der Waals surface area contributed by atoms with E-state index in [1.54, 1.807) is 4.90 Å². The van der Waals surface area contributed by atoms with E-state index in [4.69, 9.17) is 0 Å². The van der Waals surface area contributed by atoms with E-state index in [0.29, 0.717) is 19.6 Å². The van der Waals surface area contributed by atoms with Crippen LogP contribution in [0.3, 0.4) is 0 Å². The Hall–Kier alpha value is -1.14. The molecular formula is C14H28N4O2. The van der Waals surface area contributed by atoms with Crippen molar-refractivity contribution in [1.82, 2.24) is 20.0 Å². The zero-order valence-corrected chi connectivity index (χ0v) is 13.2. The van der Waals surface area contributed by atoms with E-state index >= 15 is 0 Å². The van der Waals surface area contributed by atoms with Crippen LogP contribution in [0.2, 0.25) is 0 Å². The highest BCUT2D eigenvalue weighted by molar-refractivity contribution is 5.83. The van der Waals surface area contributed by atoms with Crippen LogP contribution in [-0.4, -0.2) is 85.4 Å². The zero-order chi connectivity index (χ0) is 15.1. The van der Waals surface area contributed by atoms with Crippen molar-refractivity contribution in [2.24, 2.45) is 0 Å². The van der Waals surface area contributed by atoms with Gasteiger partial charge in [0, 0.05) is 39.3 Å². The summed E-state index contributed by atoms with van der Waals surface area (Å²) < 4.78 is 0. The monoisotopic (exact) mass is 284 g/mol. The van der Waals surface area contributed by atoms with Gasteiger partial charge >= 0.3 is 0 Å². The number of amides is 2. The van der Waals surface area contributed by atoms with Crippen molar-refractivity contribution >= 4 is 11.8 Å². The number of rotatable bonds is 6. The van der Waals surface area contributed by atoms with Gasteiger partial charge in [0.15, 0.2) is 0 Å². The first-order valence-corrected chi connectivity index (χ1v) is 7.48. The van der Waals surface area contributed by atoms with Gasteiger partial charge < -0.3 is 15.1 Å². The number of nitrogens with zero attached hydrogens (tertiary/aromatic N) is 3. The van der Waals surface area contributed by atoms with Gasteiger partial charge in [0.2, 0.25) is 11.8 Å². The summed E-state index contributed by atoms with van der Waals surface area (Å²) in [6.07, 6.45) is 0. The van der Waals surface area contributed by atoms with Crippen LogP contribution in [0.5, 0.6) is 0 Å². The van der Waals surface area contributed by atoms with Crippen LogP contribution in [-0.2, 0) is 9.59 Å². The van der Waals surface area contributed by atoms with Gasteiger partial charge in [-0.25, -0.2) is 0 Å². The maximum absolute atomic E-state index is 12.4. The van der Waals surface area contributed by atoms with Crippen molar-refractivity contribution in [3.8, 4) is 0 Å². The van der Waals surface area contributed by atoms with Gasteiger partial charge in [0.05, 0.1) is 12.6 Å². The largest absolute Gasteiger partial charge is 0.342 e. The van der Waals surface area contributed by atoms with E-state index in [0.717, 1.165) is 26.2 Å². The first-order valence-electron chi connectivity index (χ1n) is 7.48. The molecule has 2 amide bonds. The first kappa shape index (κ1) is 16.9. The van der Waals surface area contributed by atoms with E-state index < -0.39 is 0 Å². The number of hydrogen-bond donors (Lipinski definition) is 1. The zero-order valence-electron chi connectivity index (χ0n) is 13.2. The topological polar surface area (TPSA) is 55.9 Å². The lowest BCUT2D eigenvalue weighted by atomic mass is 10.2. The summed E-state index contributed by atoms with van der Waals surface area (Å²) in [4.78, 5) is 29.9. The van der Waals surface area contributed by atoms with Crippen LogP contribution in [0.15, 0.2) is 0 Å². The lowest BCUT2D eigenvalue weighted by Gasteiger charge is -2.33. The third-order valence-electron chi connectivity index (χ3n) is 3.95. The highest BCUT2D eigenvalue weighted by atomic mass is 16.2. The number of carbonyl (C=O) groups is 2. The molecule has 1 N–H and O–H groups in total. The number of likely N-dealkylation sites (N-methyl/N-ethyl adjacent to an activating group) is 2. The molecule has 1 atom stereocenters. The smallest absolute Gasteiger partial charge is 0.239 e. The Morgan fingerprint density at radius 1 is 1.20 bits per heavy atom. The fraction of sp³-hybridized carbons (Fsp3) is 0.857. The van der Waals surface area contributed by atoms with E-state index in [1.807, 2.05) is 37.6 Å². The van der Waals surface area contributed by atoms with Crippen LogP contribution < -0.4 is 5.32 Å². The molecule has 0 radical (unpaired) electrons. The van der Waals surface area contributed by atoms with Gasteiger partial charge in [0.1, 0.15) is 0 Å². The predicted octanol–water partition coefficient (Wildman–Crippen LogP) is -0.393. The molecule has 0 spiro atoms. The van der Waals surface area contributed by atoms with E-state index in [2.05, 4.69) is 5.32 Å². The Morgan fingerprint density at radius 2 is 1.75 bits per heavy atom. The first-order chi connectivity index (χ1) is 9.51. The lowest BCUT2D eigenvalue weighted by molar-refractivity contribution is -0.138. The third kappa shape index (κ3) is 4.45. The molecule has 0 aliphatic carbocycles. The van der Waals surface area contributed by atoms with Crippen molar-refractivity contribution in [2.75, 3.05) is 52.9 Å². The fourth-order valence-corrected chi connectivity index (χ4v) is 2.36. The standard InChI is InChI=1S/C14H28N4O2/c1-5-17(6-2)13(19)11-16(4)12(3)14(20)18-9-7-15-8-10-18/h12,15H,5-11H2,1-4H3. The Balaban J connectivity index is 2.50. The minimum absolute atomic E-state index is 0.0810. The average molecular weight is 284 g/mol. The van der Waals surface area contributed by atoms with E-state index in [1.165, 1.54) is 0 Å². The summed E-state index contributed by atoms with van der Waals surface area (Å²) in [6.45, 7) is 10.7. The molecule has 0 aromatic rings. The molecule has 1 unspecified atom stereocenters.